The highest BCUT2D eigenvalue weighted by atomic mass is 16.5. The van der Waals surface area contributed by atoms with Crippen molar-refractivity contribution in [3.63, 3.8) is 0 Å². The molecule has 0 unspecified atom stereocenters. The first-order valence-corrected chi connectivity index (χ1v) is 6.71. The molecule has 0 aliphatic heterocycles. The first kappa shape index (κ1) is 15.2. The van der Waals surface area contributed by atoms with Crippen LogP contribution in [0.1, 0.15) is 27.3 Å². The fraction of sp³-hybridized carbons (Fsp3) is 0.400. The normalized spacial score (nSPS) is 10.6. The van der Waals surface area contributed by atoms with Crippen LogP contribution in [0, 0.1) is 6.92 Å². The molecule has 112 valence electrons. The predicted octanol–water partition coefficient (Wildman–Crippen LogP) is 1.61. The number of esters is 1. The van der Waals surface area contributed by atoms with Crippen molar-refractivity contribution in [1.29, 1.82) is 0 Å². The Balaban J connectivity index is 2.29. The van der Waals surface area contributed by atoms with Gasteiger partial charge in [0.2, 0.25) is 0 Å². The Morgan fingerprint density at radius 2 is 2.14 bits per heavy atom. The molecule has 0 saturated carbocycles. The smallest absolute Gasteiger partial charge is 0.360 e. The summed E-state index contributed by atoms with van der Waals surface area (Å²) in [5.41, 5.74) is 3.27. The molecule has 0 spiro atoms. The molecule has 0 fully saturated rings. The van der Waals surface area contributed by atoms with E-state index in [-0.39, 0.29) is 5.69 Å². The Morgan fingerprint density at radius 3 is 2.81 bits per heavy atom. The van der Waals surface area contributed by atoms with E-state index in [1.165, 1.54) is 12.7 Å². The van der Waals surface area contributed by atoms with E-state index in [2.05, 4.69) is 16.4 Å². The van der Waals surface area contributed by atoms with E-state index in [0.717, 1.165) is 11.3 Å². The van der Waals surface area contributed by atoms with Gasteiger partial charge in [0.15, 0.2) is 5.69 Å². The van der Waals surface area contributed by atoms with Crippen molar-refractivity contribution in [2.24, 2.45) is 0 Å². The molecule has 2 aromatic rings. The molecule has 0 aliphatic rings. The van der Waals surface area contributed by atoms with Crippen LogP contribution in [0.2, 0.25) is 0 Å². The molecule has 6 nitrogen and oxygen atoms in total. The van der Waals surface area contributed by atoms with Crippen LogP contribution in [0.25, 0.3) is 0 Å². The van der Waals surface area contributed by atoms with Crippen LogP contribution in [-0.2, 0) is 22.4 Å². The van der Waals surface area contributed by atoms with Gasteiger partial charge < -0.3 is 9.47 Å². The quantitative estimate of drug-likeness (QED) is 0.756. The maximum Gasteiger partial charge on any atom is 0.360 e. The van der Waals surface area contributed by atoms with Crippen molar-refractivity contribution in [1.82, 2.24) is 15.0 Å². The maximum absolute atomic E-state index is 11.7. The highest BCUT2D eigenvalue weighted by molar-refractivity contribution is 5.88. The Hall–Kier alpha value is -2.21. The standard InChI is InChI=1S/C15H19N3O3/c1-11-5-4-6-12(9-11)10-18-13(7-8-20-2)14(16-17-18)15(19)21-3/h4-6,9H,7-8,10H2,1-3H3. The van der Waals surface area contributed by atoms with E-state index >= 15 is 0 Å². The summed E-state index contributed by atoms with van der Waals surface area (Å²) in [6.45, 7) is 3.09. The van der Waals surface area contributed by atoms with E-state index in [9.17, 15) is 4.79 Å². The van der Waals surface area contributed by atoms with E-state index in [1.54, 1.807) is 11.8 Å². The Morgan fingerprint density at radius 1 is 1.33 bits per heavy atom. The van der Waals surface area contributed by atoms with Gasteiger partial charge in [0.25, 0.3) is 0 Å². The largest absolute Gasteiger partial charge is 0.464 e. The molecule has 0 N–H and O–H groups in total. The van der Waals surface area contributed by atoms with Crippen molar-refractivity contribution in [3.05, 3.63) is 46.8 Å². The summed E-state index contributed by atoms with van der Waals surface area (Å²) < 4.78 is 11.6. The van der Waals surface area contributed by atoms with E-state index in [0.29, 0.717) is 19.6 Å². The van der Waals surface area contributed by atoms with Gasteiger partial charge in [-0.2, -0.15) is 0 Å². The van der Waals surface area contributed by atoms with Gasteiger partial charge >= 0.3 is 5.97 Å². The van der Waals surface area contributed by atoms with Gasteiger partial charge in [0.1, 0.15) is 0 Å². The van der Waals surface area contributed by atoms with Crippen molar-refractivity contribution in [2.45, 2.75) is 19.9 Å². The lowest BCUT2D eigenvalue weighted by atomic mass is 10.1. The van der Waals surface area contributed by atoms with Crippen LogP contribution in [-0.4, -0.2) is 41.8 Å². The molecule has 0 saturated heterocycles. The summed E-state index contributed by atoms with van der Waals surface area (Å²) in [6.07, 6.45) is 0.555. The number of hydrogen-bond donors (Lipinski definition) is 0. The molecule has 0 bridgehead atoms. The van der Waals surface area contributed by atoms with Crippen molar-refractivity contribution < 1.29 is 14.3 Å². The molecular formula is C15H19N3O3. The Labute approximate surface area is 123 Å². The lowest BCUT2D eigenvalue weighted by Gasteiger charge is -2.08. The minimum absolute atomic E-state index is 0.252. The van der Waals surface area contributed by atoms with E-state index in [4.69, 9.17) is 9.47 Å². The molecular weight excluding hydrogens is 270 g/mol. The molecule has 1 aromatic heterocycles. The van der Waals surface area contributed by atoms with E-state index in [1.807, 2.05) is 25.1 Å². The first-order valence-electron chi connectivity index (χ1n) is 6.71. The second kappa shape index (κ2) is 6.99. The van der Waals surface area contributed by atoms with Crippen LogP contribution in [0.4, 0.5) is 0 Å². The van der Waals surface area contributed by atoms with Crippen LogP contribution >= 0.6 is 0 Å². The minimum atomic E-state index is -0.475. The summed E-state index contributed by atoms with van der Waals surface area (Å²) >= 11 is 0. The van der Waals surface area contributed by atoms with Gasteiger partial charge in [0, 0.05) is 13.5 Å². The number of aromatic nitrogens is 3. The monoisotopic (exact) mass is 289 g/mol. The third-order valence-electron chi connectivity index (χ3n) is 3.17. The highest BCUT2D eigenvalue weighted by Gasteiger charge is 2.20. The highest BCUT2D eigenvalue weighted by Crippen LogP contribution is 2.12. The maximum atomic E-state index is 11.7. The Kier molecular flexibility index (Phi) is 5.05. The summed E-state index contributed by atoms with van der Waals surface area (Å²) in [5, 5.41) is 8.01. The number of rotatable bonds is 6. The number of methoxy groups -OCH3 is 2. The molecule has 0 atom stereocenters. The first-order chi connectivity index (χ1) is 10.2. The van der Waals surface area contributed by atoms with Crippen molar-refractivity contribution in [2.75, 3.05) is 20.8 Å². The number of aryl methyl sites for hydroxylation is 1. The zero-order valence-corrected chi connectivity index (χ0v) is 12.5. The number of nitrogens with zero attached hydrogens (tertiary/aromatic N) is 3. The zero-order chi connectivity index (χ0) is 15.2. The molecule has 0 amide bonds. The fourth-order valence-corrected chi connectivity index (χ4v) is 2.14. The summed E-state index contributed by atoms with van der Waals surface area (Å²) in [4.78, 5) is 11.7. The predicted molar refractivity (Wildman–Crippen MR) is 77.2 cm³/mol. The van der Waals surface area contributed by atoms with Crippen LogP contribution in [0.15, 0.2) is 24.3 Å². The number of hydrogen-bond acceptors (Lipinski definition) is 5. The van der Waals surface area contributed by atoms with Crippen molar-refractivity contribution >= 4 is 5.97 Å². The van der Waals surface area contributed by atoms with Crippen LogP contribution < -0.4 is 0 Å². The van der Waals surface area contributed by atoms with Gasteiger partial charge in [-0.1, -0.05) is 35.0 Å². The summed E-state index contributed by atoms with van der Waals surface area (Å²) in [5.74, 6) is -0.475. The average molecular weight is 289 g/mol. The topological polar surface area (TPSA) is 66.2 Å². The second-order valence-electron chi connectivity index (χ2n) is 4.77. The molecule has 2 rings (SSSR count). The lowest BCUT2D eigenvalue weighted by Crippen LogP contribution is -2.12. The van der Waals surface area contributed by atoms with Gasteiger partial charge in [-0.3, -0.25) is 0 Å². The third kappa shape index (κ3) is 3.66. The number of benzene rings is 1. The van der Waals surface area contributed by atoms with Gasteiger partial charge in [-0.15, -0.1) is 5.10 Å². The Bertz CT molecular complexity index is 622. The number of ether oxygens (including phenoxy) is 2. The van der Waals surface area contributed by atoms with Crippen LogP contribution in [0.5, 0.6) is 0 Å². The van der Waals surface area contributed by atoms with Crippen molar-refractivity contribution in [3.8, 4) is 0 Å². The molecule has 1 heterocycles. The van der Waals surface area contributed by atoms with E-state index < -0.39 is 5.97 Å². The van der Waals surface area contributed by atoms with Gasteiger partial charge in [-0.05, 0) is 12.5 Å². The summed E-state index contributed by atoms with van der Waals surface area (Å²) in [6, 6.07) is 8.14. The third-order valence-corrected chi connectivity index (χ3v) is 3.17. The molecule has 21 heavy (non-hydrogen) atoms. The average Bonchev–Trinajstić information content (AvgIpc) is 2.87. The molecule has 1 aromatic carbocycles. The lowest BCUT2D eigenvalue weighted by molar-refractivity contribution is 0.0592. The van der Waals surface area contributed by atoms with Gasteiger partial charge in [0.05, 0.1) is 26.0 Å². The number of carbonyl (C=O) groups is 1. The fourth-order valence-electron chi connectivity index (χ4n) is 2.14. The number of carbonyl (C=O) groups excluding carboxylic acids is 1. The zero-order valence-electron chi connectivity index (χ0n) is 12.5. The minimum Gasteiger partial charge on any atom is -0.464 e. The molecule has 0 radical (unpaired) electrons. The molecule has 6 heteroatoms. The van der Waals surface area contributed by atoms with Gasteiger partial charge in [-0.25, -0.2) is 9.48 Å². The second-order valence-corrected chi connectivity index (χ2v) is 4.77. The molecule has 0 aliphatic carbocycles. The summed E-state index contributed by atoms with van der Waals surface area (Å²) in [7, 11) is 2.95. The SMILES string of the molecule is COCCc1c(C(=O)OC)nnn1Cc1cccc(C)c1. The van der Waals surface area contributed by atoms with Crippen LogP contribution in [0.3, 0.4) is 0 Å².